The van der Waals surface area contributed by atoms with Crippen molar-refractivity contribution in [1.82, 2.24) is 10.3 Å². The Kier molecular flexibility index (Phi) is 4.70. The molecular weight excluding hydrogens is 318 g/mol. The van der Waals surface area contributed by atoms with E-state index in [1.54, 1.807) is 12.4 Å². The topological polar surface area (TPSA) is 82.5 Å². The van der Waals surface area contributed by atoms with Crippen LogP contribution in [0.5, 0.6) is 0 Å². The molecule has 25 heavy (non-hydrogen) atoms. The van der Waals surface area contributed by atoms with Crippen LogP contribution in [0.3, 0.4) is 0 Å². The van der Waals surface area contributed by atoms with Crippen LogP contribution >= 0.6 is 0 Å². The van der Waals surface area contributed by atoms with Crippen LogP contribution < -0.4 is 10.2 Å². The number of pyridine rings is 1. The quantitative estimate of drug-likeness (QED) is 0.837. The number of rotatable bonds is 4. The number of carbonyl (C=O) groups excluding carboxylic acids is 1. The van der Waals surface area contributed by atoms with Gasteiger partial charge in [0.1, 0.15) is 0 Å². The van der Waals surface area contributed by atoms with Crippen molar-refractivity contribution >= 4 is 18.1 Å². The van der Waals surface area contributed by atoms with Crippen LogP contribution in [0.1, 0.15) is 27.9 Å². The lowest BCUT2D eigenvalue weighted by Gasteiger charge is -2.24. The van der Waals surface area contributed by atoms with Gasteiger partial charge in [0.2, 0.25) is 0 Å². The highest BCUT2D eigenvalue weighted by molar-refractivity contribution is 5.92. The van der Waals surface area contributed by atoms with E-state index in [0.717, 1.165) is 34.2 Å². The lowest BCUT2D eigenvalue weighted by molar-refractivity contribution is 0.112. The van der Waals surface area contributed by atoms with Crippen LogP contribution in [0.15, 0.2) is 30.6 Å². The van der Waals surface area contributed by atoms with E-state index in [2.05, 4.69) is 33.4 Å². The van der Waals surface area contributed by atoms with E-state index in [-0.39, 0.29) is 6.04 Å². The summed E-state index contributed by atoms with van der Waals surface area (Å²) in [6.07, 6.45) is 3.83. The number of aldehydes is 1. The number of hydrogen-bond acceptors (Lipinski definition) is 4. The second-order valence-corrected chi connectivity index (χ2v) is 6.50. The van der Waals surface area contributed by atoms with Gasteiger partial charge in [0.25, 0.3) is 0 Å². The highest BCUT2D eigenvalue weighted by Crippen LogP contribution is 2.35. The molecule has 1 amide bonds. The van der Waals surface area contributed by atoms with Crippen LogP contribution in [0.25, 0.3) is 11.1 Å². The molecule has 0 saturated carbocycles. The van der Waals surface area contributed by atoms with Crippen molar-refractivity contribution in [3.63, 3.8) is 0 Å². The Balaban J connectivity index is 2.03. The summed E-state index contributed by atoms with van der Waals surface area (Å²) in [6, 6.07) is 6.11. The Morgan fingerprint density at radius 1 is 1.28 bits per heavy atom. The number of amides is 1. The lowest BCUT2D eigenvalue weighted by Crippen LogP contribution is -2.36. The minimum Gasteiger partial charge on any atom is -0.465 e. The fraction of sp³-hybridized carbons (Fsp3) is 0.316. The summed E-state index contributed by atoms with van der Waals surface area (Å²) in [6.45, 7) is 5.30. The van der Waals surface area contributed by atoms with Gasteiger partial charge in [0.05, 0.1) is 17.3 Å². The number of anilines is 1. The van der Waals surface area contributed by atoms with Gasteiger partial charge < -0.3 is 15.3 Å². The molecule has 6 nitrogen and oxygen atoms in total. The number of hydrogen-bond donors (Lipinski definition) is 2. The molecule has 130 valence electrons. The molecule has 1 fully saturated rings. The van der Waals surface area contributed by atoms with E-state index in [0.29, 0.717) is 25.1 Å². The number of carboxylic acid groups (broad SMARTS) is 1. The normalized spacial score (nSPS) is 16.7. The molecule has 1 aromatic carbocycles. The van der Waals surface area contributed by atoms with Gasteiger partial charge in [-0.25, -0.2) is 4.79 Å². The van der Waals surface area contributed by atoms with Gasteiger partial charge in [-0.15, -0.1) is 0 Å². The third-order valence-corrected chi connectivity index (χ3v) is 4.44. The summed E-state index contributed by atoms with van der Waals surface area (Å²) in [7, 11) is 0. The molecule has 1 saturated heterocycles. The Hall–Kier alpha value is -2.89. The summed E-state index contributed by atoms with van der Waals surface area (Å²) < 4.78 is 0. The van der Waals surface area contributed by atoms with Crippen LogP contribution in [0.2, 0.25) is 0 Å². The van der Waals surface area contributed by atoms with Crippen molar-refractivity contribution in [3.8, 4) is 11.1 Å². The predicted molar refractivity (Wildman–Crippen MR) is 96.3 cm³/mol. The first kappa shape index (κ1) is 17.0. The first-order chi connectivity index (χ1) is 12.0. The van der Waals surface area contributed by atoms with E-state index in [1.165, 1.54) is 0 Å². The van der Waals surface area contributed by atoms with E-state index >= 15 is 0 Å². The number of nitrogens with zero attached hydrogens (tertiary/aromatic N) is 2. The van der Waals surface area contributed by atoms with Gasteiger partial charge in [-0.05, 0) is 25.8 Å². The molecule has 3 rings (SSSR count). The van der Waals surface area contributed by atoms with Crippen molar-refractivity contribution < 1.29 is 14.7 Å². The lowest BCUT2D eigenvalue weighted by atomic mass is 9.98. The molecular formula is C19H21N3O3. The van der Waals surface area contributed by atoms with Crippen molar-refractivity contribution in [1.29, 1.82) is 0 Å². The van der Waals surface area contributed by atoms with Crippen LogP contribution in [-0.2, 0) is 0 Å². The van der Waals surface area contributed by atoms with Gasteiger partial charge in [-0.2, -0.15) is 0 Å². The monoisotopic (exact) mass is 339 g/mol. The van der Waals surface area contributed by atoms with Crippen LogP contribution in [0.4, 0.5) is 10.5 Å². The van der Waals surface area contributed by atoms with E-state index in [9.17, 15) is 9.59 Å². The van der Waals surface area contributed by atoms with E-state index in [4.69, 9.17) is 5.11 Å². The van der Waals surface area contributed by atoms with Crippen LogP contribution in [-0.4, -0.2) is 41.6 Å². The molecule has 2 N–H and O–H groups in total. The number of aromatic nitrogens is 1. The molecule has 2 heterocycles. The number of benzene rings is 1. The highest BCUT2D eigenvalue weighted by Gasteiger charge is 2.27. The Morgan fingerprint density at radius 2 is 2.00 bits per heavy atom. The minimum atomic E-state index is -1.02. The summed E-state index contributed by atoms with van der Waals surface area (Å²) in [5, 5.41) is 11.5. The largest absolute Gasteiger partial charge is 0.465 e. The van der Waals surface area contributed by atoms with E-state index < -0.39 is 6.09 Å². The number of aryl methyl sites for hydroxylation is 2. The first-order valence-corrected chi connectivity index (χ1v) is 8.24. The van der Waals surface area contributed by atoms with E-state index in [1.807, 2.05) is 13.8 Å². The molecule has 0 bridgehead atoms. The summed E-state index contributed by atoms with van der Waals surface area (Å²) in [5.74, 6) is 0. The summed E-state index contributed by atoms with van der Waals surface area (Å²) in [5.41, 5.74) is 5.54. The maximum absolute atomic E-state index is 11.6. The molecule has 6 heteroatoms. The maximum Gasteiger partial charge on any atom is 0.404 e. The average molecular weight is 339 g/mol. The third kappa shape index (κ3) is 3.63. The first-order valence-electron chi connectivity index (χ1n) is 8.24. The summed E-state index contributed by atoms with van der Waals surface area (Å²) in [4.78, 5) is 28.8. The molecule has 1 aliphatic heterocycles. The molecule has 1 aliphatic rings. The molecule has 0 aliphatic carbocycles. The Labute approximate surface area is 146 Å². The highest BCUT2D eigenvalue weighted by atomic mass is 16.4. The predicted octanol–water partition coefficient (Wildman–Crippen LogP) is 3.02. The molecule has 2 aromatic rings. The maximum atomic E-state index is 11.6. The van der Waals surface area contributed by atoms with Crippen molar-refractivity contribution in [2.75, 3.05) is 18.0 Å². The number of carbonyl (C=O) groups is 2. The van der Waals surface area contributed by atoms with Gasteiger partial charge >= 0.3 is 6.09 Å². The second kappa shape index (κ2) is 6.93. The third-order valence-electron chi connectivity index (χ3n) is 4.44. The molecule has 1 aromatic heterocycles. The van der Waals surface area contributed by atoms with Gasteiger partial charge in [-0.1, -0.05) is 29.3 Å². The fourth-order valence-electron chi connectivity index (χ4n) is 3.51. The molecule has 1 atom stereocenters. The smallest absolute Gasteiger partial charge is 0.404 e. The van der Waals surface area contributed by atoms with Gasteiger partial charge in [-0.3, -0.25) is 9.78 Å². The average Bonchev–Trinajstić information content (AvgIpc) is 3.00. The van der Waals surface area contributed by atoms with Gasteiger partial charge in [0.15, 0.2) is 6.29 Å². The van der Waals surface area contributed by atoms with Crippen molar-refractivity contribution in [3.05, 3.63) is 47.3 Å². The SMILES string of the molecule is Cc1cc(C)cc(-c2cncc(C=O)c2N2CCC(NC(=O)O)C2)c1. The molecule has 1 unspecified atom stereocenters. The standard InChI is InChI=1S/C19H21N3O3/c1-12-5-13(2)7-14(6-12)17-9-20-8-15(11-23)18(17)22-4-3-16(10-22)21-19(24)25/h5-9,11,16,21H,3-4,10H2,1-2H3,(H,24,25). The second-order valence-electron chi connectivity index (χ2n) is 6.50. The fourth-order valence-corrected chi connectivity index (χ4v) is 3.51. The Morgan fingerprint density at radius 3 is 2.64 bits per heavy atom. The zero-order valence-electron chi connectivity index (χ0n) is 14.3. The van der Waals surface area contributed by atoms with Crippen molar-refractivity contribution in [2.45, 2.75) is 26.3 Å². The van der Waals surface area contributed by atoms with Crippen LogP contribution in [0, 0.1) is 13.8 Å². The number of nitrogens with one attached hydrogen (secondary N) is 1. The minimum absolute atomic E-state index is 0.141. The van der Waals surface area contributed by atoms with Crippen molar-refractivity contribution in [2.24, 2.45) is 0 Å². The molecule has 0 spiro atoms. The summed E-state index contributed by atoms with van der Waals surface area (Å²) >= 11 is 0. The zero-order chi connectivity index (χ0) is 18.0. The Bertz CT molecular complexity index is 799. The van der Waals surface area contributed by atoms with Gasteiger partial charge in [0, 0.05) is 31.0 Å². The molecule has 0 radical (unpaired) electrons. The zero-order valence-corrected chi connectivity index (χ0v) is 14.3.